The van der Waals surface area contributed by atoms with Crippen LogP contribution in [0.25, 0.3) is 0 Å². The van der Waals surface area contributed by atoms with E-state index in [9.17, 15) is 22.8 Å². The van der Waals surface area contributed by atoms with E-state index in [1.54, 1.807) is 13.8 Å². The van der Waals surface area contributed by atoms with Crippen LogP contribution in [0, 0.1) is 5.92 Å². The predicted molar refractivity (Wildman–Crippen MR) is 76.0 cm³/mol. The number of alkyl halides is 3. The average molecular weight is 333 g/mol. The Labute approximate surface area is 131 Å². The summed E-state index contributed by atoms with van der Waals surface area (Å²) in [5.41, 5.74) is 0.180. The number of nitrogens with zero attached hydrogens (tertiary/aromatic N) is 1. The first-order chi connectivity index (χ1) is 10.7. The van der Waals surface area contributed by atoms with E-state index < -0.39 is 18.7 Å². The molecule has 9 heteroatoms. The lowest BCUT2D eigenvalue weighted by Crippen LogP contribution is -2.36. The summed E-state index contributed by atoms with van der Waals surface area (Å²) in [7, 11) is 0. The highest BCUT2D eigenvalue weighted by Gasteiger charge is 2.28. The normalized spacial score (nSPS) is 11.2. The minimum atomic E-state index is -4.45. The number of carbonyl (C=O) groups is 2. The highest BCUT2D eigenvalue weighted by molar-refractivity contribution is 5.93. The summed E-state index contributed by atoms with van der Waals surface area (Å²) in [4.78, 5) is 26.7. The molecule has 1 aromatic rings. The van der Waals surface area contributed by atoms with Crippen molar-refractivity contribution in [2.24, 2.45) is 5.92 Å². The van der Waals surface area contributed by atoms with E-state index in [1.165, 1.54) is 12.1 Å². The first kappa shape index (κ1) is 18.7. The van der Waals surface area contributed by atoms with E-state index in [1.807, 2.05) is 0 Å². The van der Waals surface area contributed by atoms with Crippen molar-refractivity contribution in [3.8, 4) is 5.88 Å². The Morgan fingerprint density at radius 2 is 1.87 bits per heavy atom. The number of ether oxygens (including phenoxy) is 1. The first-order valence-electron chi connectivity index (χ1n) is 6.90. The van der Waals surface area contributed by atoms with Gasteiger partial charge in [-0.15, -0.1) is 0 Å². The Balaban J connectivity index is 2.38. The van der Waals surface area contributed by atoms with Crippen LogP contribution in [0.3, 0.4) is 0 Å². The fourth-order valence-electron chi connectivity index (χ4n) is 1.42. The minimum absolute atomic E-state index is 0.118. The Hall–Kier alpha value is -2.32. The van der Waals surface area contributed by atoms with Crippen LogP contribution in [0.5, 0.6) is 5.88 Å². The number of rotatable bonds is 7. The third kappa shape index (κ3) is 7.48. The zero-order chi connectivity index (χ0) is 17.5. The van der Waals surface area contributed by atoms with E-state index >= 15 is 0 Å². The molecule has 2 N–H and O–H groups in total. The number of aromatic nitrogens is 1. The first-order valence-corrected chi connectivity index (χ1v) is 6.90. The molecule has 0 saturated carbocycles. The van der Waals surface area contributed by atoms with Gasteiger partial charge in [0.1, 0.15) is 0 Å². The summed E-state index contributed by atoms with van der Waals surface area (Å²) >= 11 is 0. The van der Waals surface area contributed by atoms with E-state index in [4.69, 9.17) is 0 Å². The maximum atomic E-state index is 12.0. The predicted octanol–water partition coefficient (Wildman–Crippen LogP) is 1.52. The van der Waals surface area contributed by atoms with Crippen LogP contribution in [-0.4, -0.2) is 42.7 Å². The molecule has 0 fully saturated rings. The number of hydrogen-bond donors (Lipinski definition) is 2. The topological polar surface area (TPSA) is 80.3 Å². The van der Waals surface area contributed by atoms with Crippen molar-refractivity contribution in [3.63, 3.8) is 0 Å². The summed E-state index contributed by atoms with van der Waals surface area (Å²) in [5.74, 6) is -0.923. The SMILES string of the molecule is CC(C)C(=O)NCCNC(=O)c1ccc(OCC(F)(F)F)nc1. The van der Waals surface area contributed by atoms with Gasteiger partial charge in [-0.05, 0) is 6.07 Å². The van der Waals surface area contributed by atoms with Crippen molar-refractivity contribution >= 4 is 11.8 Å². The van der Waals surface area contributed by atoms with Crippen molar-refractivity contribution in [3.05, 3.63) is 23.9 Å². The molecule has 0 aliphatic heterocycles. The monoisotopic (exact) mass is 333 g/mol. The Morgan fingerprint density at radius 1 is 1.22 bits per heavy atom. The molecule has 2 amide bonds. The van der Waals surface area contributed by atoms with E-state index in [0.717, 1.165) is 6.20 Å². The van der Waals surface area contributed by atoms with E-state index in [-0.39, 0.29) is 36.4 Å². The van der Waals surface area contributed by atoms with Crippen molar-refractivity contribution in [2.45, 2.75) is 20.0 Å². The number of nitrogens with one attached hydrogen (secondary N) is 2. The van der Waals surface area contributed by atoms with Gasteiger partial charge in [0, 0.05) is 31.3 Å². The van der Waals surface area contributed by atoms with Crippen molar-refractivity contribution in [1.29, 1.82) is 0 Å². The summed E-state index contributed by atoms with van der Waals surface area (Å²) < 4.78 is 40.4. The van der Waals surface area contributed by atoms with Crippen molar-refractivity contribution < 1.29 is 27.5 Å². The van der Waals surface area contributed by atoms with Gasteiger partial charge in [-0.2, -0.15) is 13.2 Å². The van der Waals surface area contributed by atoms with Gasteiger partial charge < -0.3 is 15.4 Å². The van der Waals surface area contributed by atoms with E-state index in [2.05, 4.69) is 20.4 Å². The maximum absolute atomic E-state index is 12.0. The van der Waals surface area contributed by atoms with Gasteiger partial charge in [0.05, 0.1) is 5.56 Å². The summed E-state index contributed by atoms with van der Waals surface area (Å²) in [5, 5.41) is 5.19. The third-order valence-corrected chi connectivity index (χ3v) is 2.62. The van der Waals surface area contributed by atoms with Crippen LogP contribution >= 0.6 is 0 Å². The van der Waals surface area contributed by atoms with Gasteiger partial charge in [0.25, 0.3) is 5.91 Å². The minimum Gasteiger partial charge on any atom is -0.468 e. The fraction of sp³-hybridized carbons (Fsp3) is 0.500. The molecule has 1 heterocycles. The highest BCUT2D eigenvalue weighted by atomic mass is 19.4. The lowest BCUT2D eigenvalue weighted by molar-refractivity contribution is -0.154. The number of halogens is 3. The molecule has 23 heavy (non-hydrogen) atoms. The number of carbonyl (C=O) groups excluding carboxylic acids is 2. The molecule has 0 atom stereocenters. The lowest BCUT2D eigenvalue weighted by Gasteiger charge is -2.10. The van der Waals surface area contributed by atoms with Crippen LogP contribution in [-0.2, 0) is 4.79 Å². The number of hydrogen-bond acceptors (Lipinski definition) is 4. The van der Waals surface area contributed by atoms with Gasteiger partial charge in [0.2, 0.25) is 11.8 Å². The molecule has 0 aliphatic rings. The Kier molecular flexibility index (Phi) is 6.80. The summed E-state index contributed by atoms with van der Waals surface area (Å²) in [6, 6.07) is 2.49. The summed E-state index contributed by atoms with van der Waals surface area (Å²) in [6.07, 6.45) is -3.33. The van der Waals surface area contributed by atoms with E-state index in [0.29, 0.717) is 0 Å². The van der Waals surface area contributed by atoms with Crippen LogP contribution in [0.2, 0.25) is 0 Å². The van der Waals surface area contributed by atoms with Gasteiger partial charge >= 0.3 is 6.18 Å². The molecule has 1 rings (SSSR count). The van der Waals surface area contributed by atoms with Gasteiger partial charge in [-0.25, -0.2) is 4.98 Å². The van der Waals surface area contributed by atoms with Crippen LogP contribution in [0.1, 0.15) is 24.2 Å². The molecule has 0 aromatic carbocycles. The molecule has 128 valence electrons. The second-order valence-electron chi connectivity index (χ2n) is 4.99. The van der Waals surface area contributed by atoms with Crippen molar-refractivity contribution in [2.75, 3.05) is 19.7 Å². The van der Waals surface area contributed by atoms with Gasteiger partial charge in [-0.1, -0.05) is 13.8 Å². The van der Waals surface area contributed by atoms with Gasteiger partial charge in [-0.3, -0.25) is 9.59 Å². The molecule has 0 spiro atoms. The third-order valence-electron chi connectivity index (χ3n) is 2.62. The maximum Gasteiger partial charge on any atom is 0.422 e. The Bertz CT molecular complexity index is 530. The zero-order valence-electron chi connectivity index (χ0n) is 12.7. The molecule has 0 aliphatic carbocycles. The fourth-order valence-corrected chi connectivity index (χ4v) is 1.42. The molecule has 0 unspecified atom stereocenters. The van der Waals surface area contributed by atoms with Crippen LogP contribution < -0.4 is 15.4 Å². The lowest BCUT2D eigenvalue weighted by atomic mass is 10.2. The molecular weight excluding hydrogens is 315 g/mol. The molecule has 0 saturated heterocycles. The summed E-state index contributed by atoms with van der Waals surface area (Å²) in [6.45, 7) is 2.57. The highest BCUT2D eigenvalue weighted by Crippen LogP contribution is 2.16. The zero-order valence-corrected chi connectivity index (χ0v) is 12.7. The number of pyridine rings is 1. The molecule has 0 bridgehead atoms. The quantitative estimate of drug-likeness (QED) is 0.742. The van der Waals surface area contributed by atoms with Gasteiger partial charge in [0.15, 0.2) is 6.61 Å². The Morgan fingerprint density at radius 3 is 2.39 bits per heavy atom. The largest absolute Gasteiger partial charge is 0.468 e. The molecule has 1 aromatic heterocycles. The van der Waals surface area contributed by atoms with Crippen LogP contribution in [0.4, 0.5) is 13.2 Å². The van der Waals surface area contributed by atoms with Crippen molar-refractivity contribution in [1.82, 2.24) is 15.6 Å². The molecule has 0 radical (unpaired) electrons. The average Bonchev–Trinajstić information content (AvgIpc) is 2.48. The second kappa shape index (κ2) is 8.35. The van der Waals surface area contributed by atoms with Crippen LogP contribution in [0.15, 0.2) is 18.3 Å². The molecular formula is C14H18F3N3O3. The standard InChI is InChI=1S/C14H18F3N3O3/c1-9(2)12(21)18-5-6-19-13(22)10-3-4-11(20-7-10)23-8-14(15,16)17/h3-4,7,9H,5-6,8H2,1-2H3,(H,18,21)(H,19,22). The second-order valence-corrected chi connectivity index (χ2v) is 4.99. The smallest absolute Gasteiger partial charge is 0.422 e. The molecule has 6 nitrogen and oxygen atoms in total. The number of amides is 2.